The van der Waals surface area contributed by atoms with Crippen molar-refractivity contribution < 1.29 is 31.0 Å². The number of carbonyl (C=O) groups is 1. The van der Waals surface area contributed by atoms with Gasteiger partial charge in [-0.25, -0.2) is 4.79 Å². The first-order valence-corrected chi connectivity index (χ1v) is 14.3. The van der Waals surface area contributed by atoms with Gasteiger partial charge in [-0.15, -0.1) is 0 Å². The number of rotatable bonds is 9. The van der Waals surface area contributed by atoms with Gasteiger partial charge in [0.15, 0.2) is 0 Å². The van der Waals surface area contributed by atoms with E-state index in [1.807, 2.05) is 42.5 Å². The number of nitrogens with zero attached hydrogens (tertiary/aromatic N) is 1. The molecule has 0 spiro atoms. The molecule has 40 heavy (non-hydrogen) atoms. The van der Waals surface area contributed by atoms with Crippen LogP contribution in [0.3, 0.4) is 0 Å². The Hall–Kier alpha value is -2.77. The van der Waals surface area contributed by atoms with Crippen LogP contribution in [0.1, 0.15) is 24.8 Å². The average molecular weight is 643 g/mol. The minimum Gasteiger partial charge on any atom is -1.00 e. The van der Waals surface area contributed by atoms with Crippen LogP contribution in [0.5, 0.6) is 5.75 Å². The molecule has 5 nitrogen and oxygen atoms in total. The van der Waals surface area contributed by atoms with Gasteiger partial charge in [0.05, 0.1) is 29.7 Å². The van der Waals surface area contributed by atoms with E-state index in [0.29, 0.717) is 16.6 Å². The van der Waals surface area contributed by atoms with E-state index < -0.39 is 0 Å². The van der Waals surface area contributed by atoms with Gasteiger partial charge in [-0.05, 0) is 35.0 Å². The van der Waals surface area contributed by atoms with Gasteiger partial charge in [-0.3, -0.25) is 0 Å². The molecule has 0 bridgehead atoms. The van der Waals surface area contributed by atoms with Gasteiger partial charge in [-0.2, -0.15) is 0 Å². The van der Waals surface area contributed by atoms with E-state index in [1.165, 1.54) is 5.56 Å². The highest BCUT2D eigenvalue weighted by molar-refractivity contribution is 6.42. The maximum Gasteiger partial charge on any atom is 0.319 e. The fourth-order valence-corrected chi connectivity index (χ4v) is 5.73. The molecule has 0 aliphatic carbocycles. The SMILES string of the molecule is O=C(NCCC[N+]1(Cc2ccccc2)CCC(Oc2ccc(Cl)c(Cl)c2)CC1)Nc1ccc2ccccc2c1.[Br-]. The van der Waals surface area contributed by atoms with E-state index in [9.17, 15) is 4.79 Å². The number of hydrogen-bond acceptors (Lipinski definition) is 2. The predicted molar refractivity (Wildman–Crippen MR) is 161 cm³/mol. The lowest BCUT2D eigenvalue weighted by atomic mass is 10.0. The number of quaternary nitrogens is 1. The summed E-state index contributed by atoms with van der Waals surface area (Å²) in [6, 6.07) is 30.0. The summed E-state index contributed by atoms with van der Waals surface area (Å²) in [5.74, 6) is 0.763. The molecular formula is C32H34BrCl2N3O2. The van der Waals surface area contributed by atoms with E-state index >= 15 is 0 Å². The normalized spacial score (nSPS) is 18.5. The summed E-state index contributed by atoms with van der Waals surface area (Å²) in [4.78, 5) is 12.6. The molecule has 1 fully saturated rings. The van der Waals surface area contributed by atoms with E-state index in [0.717, 1.165) is 72.1 Å². The minimum absolute atomic E-state index is 0. The van der Waals surface area contributed by atoms with Crippen molar-refractivity contribution in [2.45, 2.75) is 31.9 Å². The predicted octanol–water partition coefficient (Wildman–Crippen LogP) is 4.92. The van der Waals surface area contributed by atoms with Crippen molar-refractivity contribution in [1.29, 1.82) is 0 Å². The lowest BCUT2D eigenvalue weighted by Gasteiger charge is -2.44. The fourth-order valence-electron chi connectivity index (χ4n) is 5.44. The van der Waals surface area contributed by atoms with Crippen LogP contribution < -0.4 is 32.4 Å². The number of benzene rings is 4. The van der Waals surface area contributed by atoms with E-state index in [-0.39, 0.29) is 29.1 Å². The third-order valence-electron chi connectivity index (χ3n) is 7.51. The summed E-state index contributed by atoms with van der Waals surface area (Å²) in [5.41, 5.74) is 2.13. The Balaban J connectivity index is 0.00000370. The second-order valence-corrected chi connectivity index (χ2v) is 11.2. The Morgan fingerprint density at radius 3 is 2.33 bits per heavy atom. The second-order valence-electron chi connectivity index (χ2n) is 10.3. The first kappa shape index (κ1) is 30.2. The van der Waals surface area contributed by atoms with E-state index in [1.54, 1.807) is 12.1 Å². The molecule has 210 valence electrons. The molecule has 0 atom stereocenters. The zero-order valence-electron chi connectivity index (χ0n) is 22.3. The fraction of sp³-hybridized carbons (Fsp3) is 0.281. The molecule has 2 amide bonds. The van der Waals surface area contributed by atoms with E-state index in [4.69, 9.17) is 27.9 Å². The van der Waals surface area contributed by atoms with Crippen LogP contribution in [0.4, 0.5) is 10.5 Å². The monoisotopic (exact) mass is 641 g/mol. The van der Waals surface area contributed by atoms with Crippen molar-refractivity contribution in [3.63, 3.8) is 0 Å². The largest absolute Gasteiger partial charge is 1.00 e. The summed E-state index contributed by atoms with van der Waals surface area (Å²) in [6.07, 6.45) is 2.97. The van der Waals surface area contributed by atoms with Gasteiger partial charge in [-0.1, -0.05) is 83.9 Å². The second kappa shape index (κ2) is 14.2. The number of piperidine rings is 1. The Labute approximate surface area is 256 Å². The Bertz CT molecular complexity index is 1410. The molecular weight excluding hydrogens is 609 g/mol. The van der Waals surface area contributed by atoms with Crippen LogP contribution in [-0.2, 0) is 6.54 Å². The van der Waals surface area contributed by atoms with Crippen LogP contribution in [0.25, 0.3) is 10.8 Å². The standard InChI is InChI=1S/C32H33Cl2N3O2.BrH/c33-30-14-13-29(22-31(30)34)39-28-15-19-37(20-16-28,23-24-7-2-1-3-8-24)18-6-17-35-32(38)36-27-12-11-25-9-4-5-10-26(25)21-27;/h1-5,7-14,21-22,28H,6,15-20,23H2,(H-,35,36,38);1H. The molecule has 1 aliphatic rings. The lowest BCUT2D eigenvalue weighted by Crippen LogP contribution is -3.00. The van der Waals surface area contributed by atoms with Gasteiger partial charge < -0.3 is 36.8 Å². The summed E-state index contributed by atoms with van der Waals surface area (Å²) in [6.45, 7) is 4.63. The van der Waals surface area contributed by atoms with Gasteiger partial charge in [0.25, 0.3) is 0 Å². The molecule has 0 unspecified atom stereocenters. The molecule has 1 heterocycles. The van der Waals surface area contributed by atoms with E-state index in [2.05, 4.69) is 47.0 Å². The Morgan fingerprint density at radius 2 is 1.57 bits per heavy atom. The third kappa shape index (κ3) is 8.14. The lowest BCUT2D eigenvalue weighted by molar-refractivity contribution is -0.946. The van der Waals surface area contributed by atoms with Crippen LogP contribution in [-0.4, -0.2) is 42.8 Å². The third-order valence-corrected chi connectivity index (χ3v) is 8.25. The topological polar surface area (TPSA) is 50.4 Å². The number of carbonyl (C=O) groups excluding carboxylic acids is 1. The number of fused-ring (bicyclic) bond motifs is 1. The van der Waals surface area contributed by atoms with Crippen LogP contribution in [0.15, 0.2) is 91.0 Å². The van der Waals surface area contributed by atoms with Crippen molar-refractivity contribution in [2.24, 2.45) is 0 Å². The minimum atomic E-state index is -0.173. The summed E-state index contributed by atoms with van der Waals surface area (Å²) in [5, 5.41) is 9.32. The van der Waals surface area contributed by atoms with Gasteiger partial charge in [0.2, 0.25) is 0 Å². The number of hydrogen-bond donors (Lipinski definition) is 2. The quantitative estimate of drug-likeness (QED) is 0.201. The van der Waals surface area contributed by atoms with Crippen LogP contribution in [0, 0.1) is 0 Å². The average Bonchev–Trinajstić information content (AvgIpc) is 2.95. The molecule has 4 aromatic rings. The highest BCUT2D eigenvalue weighted by Crippen LogP contribution is 2.30. The maximum absolute atomic E-state index is 12.6. The smallest absolute Gasteiger partial charge is 0.319 e. The number of amides is 2. The highest BCUT2D eigenvalue weighted by Gasteiger charge is 2.34. The number of urea groups is 1. The van der Waals surface area contributed by atoms with Crippen LogP contribution >= 0.6 is 23.2 Å². The number of likely N-dealkylation sites (tertiary alicyclic amines) is 1. The van der Waals surface area contributed by atoms with Gasteiger partial charge in [0.1, 0.15) is 18.4 Å². The molecule has 2 N–H and O–H groups in total. The zero-order chi connectivity index (χ0) is 27.1. The number of nitrogens with one attached hydrogen (secondary N) is 2. The molecule has 0 radical (unpaired) electrons. The maximum atomic E-state index is 12.6. The molecule has 0 aromatic heterocycles. The van der Waals surface area contributed by atoms with Crippen molar-refractivity contribution in [3.8, 4) is 5.75 Å². The van der Waals surface area contributed by atoms with Gasteiger partial charge in [0, 0.05) is 43.1 Å². The van der Waals surface area contributed by atoms with Crippen LogP contribution in [0.2, 0.25) is 10.0 Å². The number of anilines is 1. The molecule has 1 saturated heterocycles. The summed E-state index contributed by atoms with van der Waals surface area (Å²) in [7, 11) is 0. The Morgan fingerprint density at radius 1 is 0.850 bits per heavy atom. The molecule has 4 aromatic carbocycles. The molecule has 0 saturated carbocycles. The molecule has 8 heteroatoms. The van der Waals surface area contributed by atoms with Crippen molar-refractivity contribution in [1.82, 2.24) is 5.32 Å². The summed E-state index contributed by atoms with van der Waals surface area (Å²) < 4.78 is 7.24. The first-order chi connectivity index (χ1) is 19.0. The molecule has 5 rings (SSSR count). The first-order valence-electron chi connectivity index (χ1n) is 13.5. The highest BCUT2D eigenvalue weighted by atomic mass is 79.9. The van der Waals surface area contributed by atoms with Crippen molar-refractivity contribution >= 4 is 45.7 Å². The van der Waals surface area contributed by atoms with Crippen molar-refractivity contribution in [2.75, 3.05) is 31.5 Å². The van der Waals surface area contributed by atoms with Crippen molar-refractivity contribution in [3.05, 3.63) is 107 Å². The number of ether oxygens (including phenoxy) is 1. The molecule has 1 aliphatic heterocycles. The zero-order valence-corrected chi connectivity index (χ0v) is 25.4. The Kier molecular flexibility index (Phi) is 10.7. The number of halogens is 3. The van der Waals surface area contributed by atoms with Gasteiger partial charge >= 0.3 is 6.03 Å². The summed E-state index contributed by atoms with van der Waals surface area (Å²) >= 11 is 12.2.